The maximum atomic E-state index is 12.4. The van der Waals surface area contributed by atoms with Gasteiger partial charge in [-0.15, -0.1) is 0 Å². The van der Waals surface area contributed by atoms with Crippen molar-refractivity contribution in [3.8, 4) is 0 Å². The topological polar surface area (TPSA) is 0 Å². The third kappa shape index (κ3) is 4.26. The zero-order valence-corrected chi connectivity index (χ0v) is 11.3. The quantitative estimate of drug-likeness (QED) is 0.683. The second kappa shape index (κ2) is 5.98. The van der Waals surface area contributed by atoms with Crippen molar-refractivity contribution in [3.63, 3.8) is 0 Å². The van der Waals surface area contributed by atoms with Gasteiger partial charge in [0.2, 0.25) is 0 Å². The van der Waals surface area contributed by atoms with Crippen molar-refractivity contribution in [2.24, 2.45) is 11.8 Å². The minimum absolute atomic E-state index is 0.553. The fraction of sp³-hybridized carbons (Fsp3) is 0.625. The van der Waals surface area contributed by atoms with Crippen molar-refractivity contribution in [2.75, 3.05) is 0 Å². The first kappa shape index (κ1) is 14.4. The molecule has 1 aromatic carbocycles. The monoisotopic (exact) mass is 270 g/mol. The molecule has 1 aliphatic carbocycles. The van der Waals surface area contributed by atoms with E-state index < -0.39 is 11.7 Å². The summed E-state index contributed by atoms with van der Waals surface area (Å²) in [6.07, 6.45) is 2.95. The first-order valence-electron chi connectivity index (χ1n) is 7.11. The summed E-state index contributed by atoms with van der Waals surface area (Å²) in [6, 6.07) is 5.62. The first-order valence-corrected chi connectivity index (χ1v) is 7.11. The molecule has 0 heterocycles. The van der Waals surface area contributed by atoms with Crippen LogP contribution in [-0.4, -0.2) is 0 Å². The zero-order valence-electron chi connectivity index (χ0n) is 11.3. The van der Waals surface area contributed by atoms with Crippen molar-refractivity contribution in [1.29, 1.82) is 0 Å². The van der Waals surface area contributed by atoms with Crippen LogP contribution in [0.5, 0.6) is 0 Å². The van der Waals surface area contributed by atoms with Crippen molar-refractivity contribution in [2.45, 2.75) is 51.6 Å². The maximum absolute atomic E-state index is 12.4. The Morgan fingerprint density at radius 3 is 2.11 bits per heavy atom. The molecule has 2 rings (SSSR count). The van der Waals surface area contributed by atoms with E-state index in [1.54, 1.807) is 12.1 Å². The van der Waals surface area contributed by atoms with Gasteiger partial charge in [-0.05, 0) is 42.4 Å². The van der Waals surface area contributed by atoms with E-state index in [9.17, 15) is 13.2 Å². The van der Waals surface area contributed by atoms with Gasteiger partial charge in [-0.25, -0.2) is 0 Å². The molecule has 0 saturated heterocycles. The van der Waals surface area contributed by atoms with Crippen molar-refractivity contribution >= 4 is 0 Å². The van der Waals surface area contributed by atoms with Crippen LogP contribution < -0.4 is 0 Å². The van der Waals surface area contributed by atoms with Gasteiger partial charge in [0.1, 0.15) is 0 Å². The van der Waals surface area contributed by atoms with Crippen LogP contribution in [0.4, 0.5) is 13.2 Å². The number of alkyl halides is 3. The minimum Gasteiger partial charge on any atom is -0.166 e. The van der Waals surface area contributed by atoms with E-state index in [1.807, 2.05) is 0 Å². The summed E-state index contributed by atoms with van der Waals surface area (Å²) in [5.41, 5.74) is 0.467. The van der Waals surface area contributed by atoms with Gasteiger partial charge in [0.25, 0.3) is 0 Å². The van der Waals surface area contributed by atoms with Gasteiger partial charge in [-0.2, -0.15) is 13.2 Å². The summed E-state index contributed by atoms with van der Waals surface area (Å²) in [7, 11) is 0. The van der Waals surface area contributed by atoms with Gasteiger partial charge < -0.3 is 0 Å². The van der Waals surface area contributed by atoms with Crippen molar-refractivity contribution in [1.82, 2.24) is 0 Å². The van der Waals surface area contributed by atoms with Crippen LogP contribution in [0.15, 0.2) is 24.3 Å². The number of benzene rings is 1. The van der Waals surface area contributed by atoms with Gasteiger partial charge in [-0.3, -0.25) is 0 Å². The van der Waals surface area contributed by atoms with Gasteiger partial charge in [0.15, 0.2) is 0 Å². The Balaban J connectivity index is 1.83. The summed E-state index contributed by atoms with van der Waals surface area (Å²) in [5, 5.41) is 0. The van der Waals surface area contributed by atoms with Gasteiger partial charge in [0, 0.05) is 0 Å². The highest BCUT2D eigenvalue weighted by molar-refractivity contribution is 5.24. The summed E-state index contributed by atoms with van der Waals surface area (Å²) in [6.45, 7) is 2.30. The molecular weight excluding hydrogens is 249 g/mol. The van der Waals surface area contributed by atoms with Crippen LogP contribution in [-0.2, 0) is 12.6 Å². The Morgan fingerprint density at radius 2 is 1.58 bits per heavy atom. The molecule has 1 saturated carbocycles. The van der Waals surface area contributed by atoms with Crippen LogP contribution >= 0.6 is 0 Å². The highest BCUT2D eigenvalue weighted by Gasteiger charge is 2.29. The average molecular weight is 270 g/mol. The minimum atomic E-state index is -4.22. The van der Waals surface area contributed by atoms with Crippen LogP contribution in [0, 0.1) is 11.8 Å². The fourth-order valence-corrected chi connectivity index (χ4v) is 2.85. The fourth-order valence-electron chi connectivity index (χ4n) is 2.85. The lowest BCUT2D eigenvalue weighted by Gasteiger charge is -2.26. The molecule has 1 aromatic rings. The lowest BCUT2D eigenvalue weighted by atomic mass is 9.80. The summed E-state index contributed by atoms with van der Waals surface area (Å²) in [4.78, 5) is 0. The molecule has 106 valence electrons. The molecule has 3 heteroatoms. The number of hydrogen-bond acceptors (Lipinski definition) is 0. The van der Waals surface area contributed by atoms with E-state index in [0.717, 1.165) is 30.2 Å². The molecule has 0 aromatic heterocycles. The molecule has 0 aliphatic heterocycles. The predicted molar refractivity (Wildman–Crippen MR) is 70.9 cm³/mol. The molecular formula is C16H21F3. The molecule has 0 bridgehead atoms. The molecule has 1 aliphatic rings. The smallest absolute Gasteiger partial charge is 0.166 e. The van der Waals surface area contributed by atoms with E-state index in [0.29, 0.717) is 0 Å². The molecule has 0 spiro atoms. The third-order valence-corrected chi connectivity index (χ3v) is 4.26. The maximum Gasteiger partial charge on any atom is 0.416 e. The standard InChI is InChI=1S/C16H21F3/c1-12-2-4-13(5-3-12)6-7-14-8-10-15(11-9-14)16(17,18)19/h8-13H,2-7H2,1H3. The van der Waals surface area contributed by atoms with E-state index >= 15 is 0 Å². The largest absolute Gasteiger partial charge is 0.416 e. The van der Waals surface area contributed by atoms with Gasteiger partial charge in [-0.1, -0.05) is 44.7 Å². The molecule has 0 unspecified atom stereocenters. The number of aryl methyl sites for hydroxylation is 1. The van der Waals surface area contributed by atoms with Gasteiger partial charge >= 0.3 is 6.18 Å². The van der Waals surface area contributed by atoms with Gasteiger partial charge in [0.05, 0.1) is 5.56 Å². The lowest BCUT2D eigenvalue weighted by molar-refractivity contribution is -0.137. The number of hydrogen-bond donors (Lipinski definition) is 0. The Labute approximate surface area is 113 Å². The molecule has 19 heavy (non-hydrogen) atoms. The number of rotatable bonds is 3. The van der Waals surface area contributed by atoms with E-state index in [1.165, 1.54) is 37.8 Å². The van der Waals surface area contributed by atoms with E-state index in [4.69, 9.17) is 0 Å². The Kier molecular flexibility index (Phi) is 4.54. The van der Waals surface area contributed by atoms with Crippen LogP contribution in [0.25, 0.3) is 0 Å². The molecule has 0 N–H and O–H groups in total. The highest BCUT2D eigenvalue weighted by atomic mass is 19.4. The molecule has 0 radical (unpaired) electrons. The Hall–Kier alpha value is -0.990. The second-order valence-corrected chi connectivity index (χ2v) is 5.86. The number of halogens is 3. The van der Waals surface area contributed by atoms with E-state index in [2.05, 4.69) is 6.92 Å². The molecule has 0 amide bonds. The van der Waals surface area contributed by atoms with Crippen LogP contribution in [0.1, 0.15) is 50.2 Å². The first-order chi connectivity index (χ1) is 8.95. The molecule has 1 fully saturated rings. The zero-order chi connectivity index (χ0) is 13.9. The average Bonchev–Trinajstić information content (AvgIpc) is 2.37. The van der Waals surface area contributed by atoms with Crippen molar-refractivity contribution in [3.05, 3.63) is 35.4 Å². The third-order valence-electron chi connectivity index (χ3n) is 4.26. The Bertz CT molecular complexity index is 383. The predicted octanol–water partition coefficient (Wildman–Crippen LogP) is 5.46. The molecule has 0 atom stereocenters. The van der Waals surface area contributed by atoms with E-state index in [-0.39, 0.29) is 0 Å². The highest BCUT2D eigenvalue weighted by Crippen LogP contribution is 2.32. The Morgan fingerprint density at radius 1 is 1.00 bits per heavy atom. The second-order valence-electron chi connectivity index (χ2n) is 5.86. The summed E-state index contributed by atoms with van der Waals surface area (Å²) in [5.74, 6) is 1.61. The van der Waals surface area contributed by atoms with Crippen LogP contribution in [0.2, 0.25) is 0 Å². The van der Waals surface area contributed by atoms with Crippen LogP contribution in [0.3, 0.4) is 0 Å². The normalized spacial score (nSPS) is 24.4. The summed E-state index contributed by atoms with van der Waals surface area (Å²) >= 11 is 0. The van der Waals surface area contributed by atoms with Crippen molar-refractivity contribution < 1.29 is 13.2 Å². The molecule has 0 nitrogen and oxygen atoms in total. The summed E-state index contributed by atoms with van der Waals surface area (Å²) < 4.78 is 37.3. The SMILES string of the molecule is CC1CCC(CCc2ccc(C(F)(F)F)cc2)CC1. The lowest BCUT2D eigenvalue weighted by Crippen LogP contribution is -2.13.